The summed E-state index contributed by atoms with van der Waals surface area (Å²) >= 11 is 0. The van der Waals surface area contributed by atoms with Crippen molar-refractivity contribution in [1.82, 2.24) is 0 Å². The molecular weight excluding hydrogens is 316 g/mol. The third kappa shape index (κ3) is 3.55. The van der Waals surface area contributed by atoms with Crippen LogP contribution in [0.4, 0.5) is 5.69 Å². The van der Waals surface area contributed by atoms with Crippen molar-refractivity contribution < 1.29 is 33.6 Å². The van der Waals surface area contributed by atoms with E-state index in [0.717, 1.165) is 0 Å². The molecule has 0 radical (unpaired) electrons. The van der Waals surface area contributed by atoms with Crippen LogP contribution in [0.15, 0.2) is 29.2 Å². The molecule has 1 aliphatic heterocycles. The highest BCUT2D eigenvalue weighted by atomic mass is 32.2. The fourth-order valence-corrected chi connectivity index (χ4v) is 2.70. The average molecular weight is 334 g/mol. The number of benzene rings is 1. The monoisotopic (exact) mass is 334 g/mol. The first kappa shape index (κ1) is 17.1. The van der Waals surface area contributed by atoms with Crippen molar-refractivity contribution >= 4 is 15.7 Å². The van der Waals surface area contributed by atoms with Crippen LogP contribution in [0.5, 0.6) is 0 Å². The molecule has 10 heteroatoms. The minimum absolute atomic E-state index is 0.0839. The van der Waals surface area contributed by atoms with Gasteiger partial charge in [0, 0.05) is 5.69 Å². The number of anilines is 1. The zero-order valence-corrected chi connectivity index (χ0v) is 12.2. The highest BCUT2D eigenvalue weighted by Crippen LogP contribution is 2.23. The van der Waals surface area contributed by atoms with Crippen LogP contribution < -0.4 is 10.5 Å². The van der Waals surface area contributed by atoms with Crippen molar-refractivity contribution in [2.75, 3.05) is 11.9 Å². The van der Waals surface area contributed by atoms with E-state index in [-0.39, 0.29) is 4.90 Å². The SMILES string of the molecule is NS(=O)(=O)c1ccc(NC2C(O)OC(CO)C(O)C2O)cc1. The van der Waals surface area contributed by atoms with Gasteiger partial charge in [-0.25, -0.2) is 13.6 Å². The molecule has 0 spiro atoms. The number of aliphatic hydroxyl groups excluding tert-OH is 4. The number of primary sulfonamides is 1. The second kappa shape index (κ2) is 6.46. The van der Waals surface area contributed by atoms with Gasteiger partial charge in [-0.1, -0.05) is 0 Å². The standard InChI is InChI=1S/C12H18N2O7S/c13-22(19,20)7-3-1-6(2-4-7)14-9-11(17)10(16)8(5-15)21-12(9)18/h1-4,8-12,14-18H,5H2,(H2,13,19,20). The summed E-state index contributed by atoms with van der Waals surface area (Å²) in [7, 11) is -3.81. The predicted octanol–water partition coefficient (Wildman–Crippen LogP) is -2.45. The van der Waals surface area contributed by atoms with Gasteiger partial charge in [0.1, 0.15) is 24.4 Å². The average Bonchev–Trinajstić information content (AvgIpc) is 2.47. The summed E-state index contributed by atoms with van der Waals surface area (Å²) in [5.74, 6) is 0. The predicted molar refractivity (Wildman–Crippen MR) is 75.2 cm³/mol. The first-order valence-corrected chi connectivity index (χ1v) is 7.98. The van der Waals surface area contributed by atoms with Gasteiger partial charge >= 0.3 is 0 Å². The lowest BCUT2D eigenvalue weighted by molar-refractivity contribution is -0.245. The van der Waals surface area contributed by atoms with Gasteiger partial charge in [0.05, 0.1) is 11.5 Å². The molecule has 1 heterocycles. The number of nitrogens with one attached hydrogen (secondary N) is 1. The molecule has 2 rings (SSSR count). The van der Waals surface area contributed by atoms with Gasteiger partial charge in [0.2, 0.25) is 10.0 Å². The number of rotatable bonds is 4. The summed E-state index contributed by atoms with van der Waals surface area (Å²) in [5, 5.41) is 46.3. The fraction of sp³-hybridized carbons (Fsp3) is 0.500. The maximum atomic E-state index is 11.2. The number of sulfonamides is 1. The lowest BCUT2D eigenvalue weighted by Gasteiger charge is -2.40. The van der Waals surface area contributed by atoms with Crippen LogP contribution in [0.25, 0.3) is 0 Å². The molecule has 5 atom stereocenters. The summed E-state index contributed by atoms with van der Waals surface area (Å²) < 4.78 is 27.3. The van der Waals surface area contributed by atoms with Crippen molar-refractivity contribution in [3.05, 3.63) is 24.3 Å². The molecule has 1 aromatic rings. The van der Waals surface area contributed by atoms with Crippen LogP contribution in [-0.4, -0.2) is 66.1 Å². The number of hydrogen-bond acceptors (Lipinski definition) is 8. The molecule has 124 valence electrons. The van der Waals surface area contributed by atoms with Crippen LogP contribution in [0, 0.1) is 0 Å². The first-order chi connectivity index (χ1) is 10.2. The van der Waals surface area contributed by atoms with E-state index in [1.165, 1.54) is 24.3 Å². The van der Waals surface area contributed by atoms with Crippen molar-refractivity contribution in [2.45, 2.75) is 35.5 Å². The summed E-state index contributed by atoms with van der Waals surface area (Å²) in [6, 6.07) is 4.24. The van der Waals surface area contributed by atoms with E-state index in [1.54, 1.807) is 0 Å². The normalized spacial score (nSPS) is 32.7. The molecule has 7 N–H and O–H groups in total. The van der Waals surface area contributed by atoms with E-state index in [2.05, 4.69) is 5.32 Å². The topological polar surface area (TPSA) is 162 Å². The Morgan fingerprint density at radius 2 is 1.73 bits per heavy atom. The van der Waals surface area contributed by atoms with Crippen molar-refractivity contribution in [1.29, 1.82) is 0 Å². The Bertz CT molecular complexity index is 606. The summed E-state index contributed by atoms with van der Waals surface area (Å²) in [4.78, 5) is -0.0839. The van der Waals surface area contributed by atoms with Gasteiger partial charge in [0.15, 0.2) is 6.29 Å². The largest absolute Gasteiger partial charge is 0.394 e. The zero-order valence-electron chi connectivity index (χ0n) is 11.4. The third-order valence-electron chi connectivity index (χ3n) is 3.42. The second-order valence-corrected chi connectivity index (χ2v) is 6.53. The fourth-order valence-electron chi connectivity index (χ4n) is 2.19. The van der Waals surface area contributed by atoms with Crippen molar-refractivity contribution in [3.8, 4) is 0 Å². The molecule has 0 amide bonds. The number of nitrogens with two attached hydrogens (primary N) is 1. The highest BCUT2D eigenvalue weighted by molar-refractivity contribution is 7.89. The Balaban J connectivity index is 2.13. The molecule has 22 heavy (non-hydrogen) atoms. The number of hydrogen-bond donors (Lipinski definition) is 6. The van der Waals surface area contributed by atoms with Gasteiger partial charge in [-0.15, -0.1) is 0 Å². The number of ether oxygens (including phenoxy) is 1. The van der Waals surface area contributed by atoms with Crippen LogP contribution in [0.1, 0.15) is 0 Å². The molecule has 0 saturated carbocycles. The minimum atomic E-state index is -3.81. The van der Waals surface area contributed by atoms with E-state index < -0.39 is 47.3 Å². The van der Waals surface area contributed by atoms with Crippen LogP contribution >= 0.6 is 0 Å². The lowest BCUT2D eigenvalue weighted by atomic mass is 9.97. The quantitative estimate of drug-likeness (QED) is 0.353. The number of aliphatic hydroxyl groups is 4. The van der Waals surface area contributed by atoms with E-state index in [9.17, 15) is 23.7 Å². The molecule has 9 nitrogen and oxygen atoms in total. The Labute approximate surface area is 127 Å². The van der Waals surface area contributed by atoms with Gasteiger partial charge < -0.3 is 30.5 Å². The van der Waals surface area contributed by atoms with E-state index in [4.69, 9.17) is 15.0 Å². The van der Waals surface area contributed by atoms with Crippen LogP contribution in [-0.2, 0) is 14.8 Å². The van der Waals surface area contributed by atoms with Crippen LogP contribution in [0.2, 0.25) is 0 Å². The summed E-state index contributed by atoms with van der Waals surface area (Å²) in [6.45, 7) is -0.551. The Morgan fingerprint density at radius 1 is 1.14 bits per heavy atom. The Kier molecular flexibility index (Phi) is 5.02. The van der Waals surface area contributed by atoms with Crippen molar-refractivity contribution in [2.24, 2.45) is 5.14 Å². The first-order valence-electron chi connectivity index (χ1n) is 6.44. The zero-order chi connectivity index (χ0) is 16.5. The van der Waals surface area contributed by atoms with Gasteiger partial charge in [-0.05, 0) is 24.3 Å². The van der Waals surface area contributed by atoms with E-state index >= 15 is 0 Å². The van der Waals surface area contributed by atoms with Gasteiger partial charge in [-0.3, -0.25) is 0 Å². The second-order valence-electron chi connectivity index (χ2n) is 4.97. The highest BCUT2D eigenvalue weighted by Gasteiger charge is 2.43. The summed E-state index contributed by atoms with van der Waals surface area (Å²) in [6.07, 6.45) is -5.32. The molecule has 1 aliphatic rings. The molecule has 5 unspecified atom stereocenters. The minimum Gasteiger partial charge on any atom is -0.394 e. The maximum absolute atomic E-state index is 11.2. The van der Waals surface area contributed by atoms with Gasteiger partial charge in [-0.2, -0.15) is 0 Å². The molecule has 0 aliphatic carbocycles. The third-order valence-corrected chi connectivity index (χ3v) is 4.35. The van der Waals surface area contributed by atoms with Crippen LogP contribution in [0.3, 0.4) is 0 Å². The molecule has 0 bridgehead atoms. The summed E-state index contributed by atoms with van der Waals surface area (Å²) in [5.41, 5.74) is 0.383. The molecule has 1 aromatic carbocycles. The van der Waals surface area contributed by atoms with Crippen molar-refractivity contribution in [3.63, 3.8) is 0 Å². The molecular formula is C12H18N2O7S. The maximum Gasteiger partial charge on any atom is 0.238 e. The smallest absolute Gasteiger partial charge is 0.238 e. The lowest BCUT2D eigenvalue weighted by Crippen LogP contribution is -2.61. The van der Waals surface area contributed by atoms with E-state index in [0.29, 0.717) is 5.69 Å². The van der Waals surface area contributed by atoms with E-state index in [1.807, 2.05) is 0 Å². The molecule has 1 saturated heterocycles. The Hall–Kier alpha value is -1.27. The molecule has 1 fully saturated rings. The van der Waals surface area contributed by atoms with Gasteiger partial charge in [0.25, 0.3) is 0 Å². The molecule has 0 aromatic heterocycles. The Morgan fingerprint density at radius 3 is 2.23 bits per heavy atom.